The second-order valence-electron chi connectivity index (χ2n) is 7.58. The van der Waals surface area contributed by atoms with Crippen molar-refractivity contribution in [3.05, 3.63) is 65.2 Å². The van der Waals surface area contributed by atoms with Crippen LogP contribution >= 0.6 is 0 Å². The average molecular weight is 439 g/mol. The molecule has 2 aromatic carbocycles. The van der Waals surface area contributed by atoms with Gasteiger partial charge in [-0.05, 0) is 55.6 Å². The van der Waals surface area contributed by atoms with E-state index in [-0.39, 0.29) is 12.6 Å². The molecule has 31 heavy (non-hydrogen) atoms. The van der Waals surface area contributed by atoms with Gasteiger partial charge in [0.05, 0.1) is 12.3 Å². The first-order valence-electron chi connectivity index (χ1n) is 10.2. The first kappa shape index (κ1) is 21.6. The number of ether oxygens (including phenoxy) is 1. The van der Waals surface area contributed by atoms with Crippen LogP contribution in [0.1, 0.15) is 16.7 Å². The van der Waals surface area contributed by atoms with Crippen LogP contribution in [0.15, 0.2) is 53.4 Å². The molecule has 4 rings (SSSR count). The highest BCUT2D eigenvalue weighted by molar-refractivity contribution is 7.92. The standard InChI is InChI=1S/C23H26N4O3S/c1-15-5-3-6-16(2)22(15)20-12-21-26-23(25-20)27-31(29)19-8-4-7-17(11-19)9-10-24-13-18(14-28)30-21/h3-8,11-12,18,24,28H,9-10,13-14H2,1-2H3,(H,25,26,27)/t18-,31?/m1/s1. The van der Waals surface area contributed by atoms with Gasteiger partial charge < -0.3 is 19.7 Å². The summed E-state index contributed by atoms with van der Waals surface area (Å²) in [4.78, 5) is 9.71. The van der Waals surface area contributed by atoms with Crippen molar-refractivity contribution in [2.24, 2.45) is 0 Å². The molecule has 8 heteroatoms. The lowest BCUT2D eigenvalue weighted by atomic mass is 10.00. The zero-order valence-corrected chi connectivity index (χ0v) is 18.4. The number of aromatic nitrogens is 2. The zero-order valence-electron chi connectivity index (χ0n) is 17.6. The minimum Gasteiger partial charge on any atom is -0.588 e. The van der Waals surface area contributed by atoms with Gasteiger partial charge in [-0.2, -0.15) is 9.71 Å². The molecule has 7 nitrogen and oxygen atoms in total. The van der Waals surface area contributed by atoms with E-state index in [1.165, 1.54) is 0 Å². The van der Waals surface area contributed by atoms with Crippen LogP contribution in [-0.2, 0) is 17.8 Å². The normalized spacial score (nSPS) is 19.1. The van der Waals surface area contributed by atoms with Gasteiger partial charge in [-0.3, -0.25) is 0 Å². The van der Waals surface area contributed by atoms with Crippen molar-refractivity contribution in [2.45, 2.75) is 31.3 Å². The van der Waals surface area contributed by atoms with E-state index >= 15 is 0 Å². The number of nitrogens with zero attached hydrogens (tertiary/aromatic N) is 2. The molecule has 0 aliphatic carbocycles. The predicted octanol–water partition coefficient (Wildman–Crippen LogP) is 2.78. The van der Waals surface area contributed by atoms with Crippen molar-refractivity contribution in [3.63, 3.8) is 0 Å². The second-order valence-corrected chi connectivity index (χ2v) is 8.79. The maximum atomic E-state index is 13.0. The van der Waals surface area contributed by atoms with Gasteiger partial charge in [-0.15, -0.1) is 0 Å². The summed E-state index contributed by atoms with van der Waals surface area (Å²) in [6.45, 7) is 5.09. The Labute approximate surface area is 185 Å². The lowest BCUT2D eigenvalue weighted by Gasteiger charge is -2.20. The summed E-state index contributed by atoms with van der Waals surface area (Å²) in [7, 11) is 0. The van der Waals surface area contributed by atoms with Crippen LogP contribution in [0.3, 0.4) is 0 Å². The Balaban J connectivity index is 1.78. The maximum Gasteiger partial charge on any atom is 0.269 e. The zero-order chi connectivity index (χ0) is 21.8. The molecular weight excluding hydrogens is 412 g/mol. The topological polar surface area (TPSA) is 102 Å². The molecule has 0 radical (unpaired) electrons. The molecule has 0 saturated heterocycles. The van der Waals surface area contributed by atoms with E-state index in [0.29, 0.717) is 29.6 Å². The summed E-state index contributed by atoms with van der Waals surface area (Å²) in [5, 5.41) is 13.1. The molecule has 3 N–H and O–H groups in total. The Morgan fingerprint density at radius 1 is 1.13 bits per heavy atom. The number of aliphatic hydroxyl groups excluding tert-OH is 1. The van der Waals surface area contributed by atoms with Crippen LogP contribution in [-0.4, -0.2) is 45.4 Å². The third kappa shape index (κ3) is 5.16. The minimum atomic E-state index is -1.53. The number of hydrogen-bond acceptors (Lipinski definition) is 7. The van der Waals surface area contributed by atoms with Gasteiger partial charge in [0, 0.05) is 18.2 Å². The van der Waals surface area contributed by atoms with E-state index in [9.17, 15) is 9.66 Å². The van der Waals surface area contributed by atoms with Crippen LogP contribution < -0.4 is 14.8 Å². The van der Waals surface area contributed by atoms with Crippen molar-refractivity contribution < 1.29 is 14.4 Å². The highest BCUT2D eigenvalue weighted by atomic mass is 32.2. The lowest BCUT2D eigenvalue weighted by Crippen LogP contribution is -2.35. The third-order valence-electron chi connectivity index (χ3n) is 5.19. The molecule has 0 amide bonds. The van der Waals surface area contributed by atoms with Crippen molar-refractivity contribution in [1.82, 2.24) is 15.3 Å². The molecule has 1 aliphatic heterocycles. The molecule has 1 aromatic heterocycles. The summed E-state index contributed by atoms with van der Waals surface area (Å²) in [6.07, 6.45) is 0.315. The molecule has 162 valence electrons. The quantitative estimate of drug-likeness (QED) is 0.529. The van der Waals surface area contributed by atoms with Gasteiger partial charge >= 0.3 is 0 Å². The predicted molar refractivity (Wildman–Crippen MR) is 121 cm³/mol. The van der Waals surface area contributed by atoms with Gasteiger partial charge in [-0.1, -0.05) is 30.3 Å². The van der Waals surface area contributed by atoms with Crippen LogP contribution in [0.4, 0.5) is 5.95 Å². The smallest absolute Gasteiger partial charge is 0.269 e. The first-order valence-corrected chi connectivity index (χ1v) is 11.4. The van der Waals surface area contributed by atoms with Gasteiger partial charge in [0.1, 0.15) is 17.5 Å². The molecule has 0 fully saturated rings. The van der Waals surface area contributed by atoms with Crippen LogP contribution in [0.25, 0.3) is 11.3 Å². The SMILES string of the molecule is Cc1cccc(C)c1-c1cc2nc(n1)N[S+]([O-])c1cccc(c1)CCNC[C@H](CO)O2. The van der Waals surface area contributed by atoms with Gasteiger partial charge in [0.25, 0.3) is 5.95 Å². The number of rotatable bonds is 2. The molecule has 0 spiro atoms. The number of aliphatic hydroxyl groups is 1. The molecule has 3 aromatic rings. The summed E-state index contributed by atoms with van der Waals surface area (Å²) >= 11 is -1.53. The number of anilines is 1. The number of hydrogen-bond donors (Lipinski definition) is 3. The Kier molecular flexibility index (Phi) is 6.72. The summed E-state index contributed by atoms with van der Waals surface area (Å²) in [5.41, 5.74) is 4.86. The fourth-order valence-electron chi connectivity index (χ4n) is 3.65. The third-order valence-corrected chi connectivity index (χ3v) is 6.24. The Bertz CT molecular complexity index is 1040. The second kappa shape index (κ2) is 9.65. The van der Waals surface area contributed by atoms with E-state index in [1.807, 2.05) is 56.3 Å². The lowest BCUT2D eigenvalue weighted by molar-refractivity contribution is 0.110. The fraction of sp³-hybridized carbons (Fsp3) is 0.304. The van der Waals surface area contributed by atoms with Crippen LogP contribution in [0.2, 0.25) is 0 Å². The minimum absolute atomic E-state index is 0.153. The van der Waals surface area contributed by atoms with E-state index in [2.05, 4.69) is 20.0 Å². The summed E-state index contributed by atoms with van der Waals surface area (Å²) in [5.74, 6) is 0.527. The highest BCUT2D eigenvalue weighted by Gasteiger charge is 2.20. The molecule has 2 heterocycles. The molecule has 2 atom stereocenters. The van der Waals surface area contributed by atoms with Gasteiger partial charge in [0.2, 0.25) is 5.88 Å². The summed E-state index contributed by atoms with van der Waals surface area (Å²) < 4.78 is 21.9. The molecule has 4 bridgehead atoms. The Morgan fingerprint density at radius 2 is 1.90 bits per heavy atom. The number of nitrogens with one attached hydrogen (secondary N) is 2. The van der Waals surface area contributed by atoms with Gasteiger partial charge in [-0.25, -0.2) is 4.98 Å². The fourth-order valence-corrected chi connectivity index (χ4v) is 4.48. The van der Waals surface area contributed by atoms with Crippen molar-refractivity contribution in [2.75, 3.05) is 24.4 Å². The number of benzene rings is 2. The highest BCUT2D eigenvalue weighted by Crippen LogP contribution is 2.29. The molecule has 1 aliphatic rings. The molecular formula is C23H26N4O3S. The van der Waals surface area contributed by atoms with E-state index in [1.54, 1.807) is 6.07 Å². The number of fused-ring (bicyclic) bond motifs is 4. The van der Waals surface area contributed by atoms with E-state index in [4.69, 9.17) is 4.74 Å². The maximum absolute atomic E-state index is 13.0. The van der Waals surface area contributed by atoms with E-state index in [0.717, 1.165) is 28.7 Å². The van der Waals surface area contributed by atoms with Crippen molar-refractivity contribution >= 4 is 17.3 Å². The van der Waals surface area contributed by atoms with E-state index < -0.39 is 17.5 Å². The Morgan fingerprint density at radius 3 is 2.68 bits per heavy atom. The monoisotopic (exact) mass is 438 g/mol. The Hall–Kier alpha value is -2.65. The van der Waals surface area contributed by atoms with Crippen molar-refractivity contribution in [1.29, 1.82) is 0 Å². The molecule has 1 unspecified atom stereocenters. The van der Waals surface area contributed by atoms with Crippen LogP contribution in [0, 0.1) is 13.8 Å². The number of aryl methyl sites for hydroxylation is 2. The summed E-state index contributed by atoms with van der Waals surface area (Å²) in [6, 6.07) is 15.5. The first-order chi connectivity index (χ1) is 15.0. The molecule has 0 saturated carbocycles. The van der Waals surface area contributed by atoms with Crippen molar-refractivity contribution in [3.8, 4) is 17.1 Å². The average Bonchev–Trinajstić information content (AvgIpc) is 2.75. The van der Waals surface area contributed by atoms with Gasteiger partial charge in [0.15, 0.2) is 4.90 Å². The van der Waals surface area contributed by atoms with Crippen LogP contribution in [0.5, 0.6) is 5.88 Å². The largest absolute Gasteiger partial charge is 0.588 e.